The minimum absolute atomic E-state index is 0.0252. The monoisotopic (exact) mass is 385 g/mol. The number of nitrogens with one attached hydrogen (secondary N) is 1. The van der Waals surface area contributed by atoms with Crippen LogP contribution in [0, 0.1) is 0 Å². The van der Waals surface area contributed by atoms with Gasteiger partial charge in [0, 0.05) is 17.3 Å². The van der Waals surface area contributed by atoms with Gasteiger partial charge in [-0.2, -0.15) is 0 Å². The molecule has 0 saturated heterocycles. The van der Waals surface area contributed by atoms with E-state index in [2.05, 4.69) is 5.32 Å². The summed E-state index contributed by atoms with van der Waals surface area (Å²) in [7, 11) is 2.94. The van der Waals surface area contributed by atoms with Crippen LogP contribution in [0.2, 0.25) is 0 Å². The van der Waals surface area contributed by atoms with Gasteiger partial charge in [0.15, 0.2) is 11.5 Å². The van der Waals surface area contributed by atoms with E-state index in [1.54, 1.807) is 25.3 Å². The Morgan fingerprint density at radius 2 is 1.68 bits per heavy atom. The Balaban J connectivity index is 1.79. The first-order chi connectivity index (χ1) is 13.5. The molecule has 1 saturated carbocycles. The highest BCUT2D eigenvalue weighted by atomic mass is 16.5. The Kier molecular flexibility index (Phi) is 6.03. The molecule has 148 valence electrons. The number of benzene rings is 2. The van der Waals surface area contributed by atoms with E-state index in [0.29, 0.717) is 22.7 Å². The van der Waals surface area contributed by atoms with Crippen LogP contribution in [0.3, 0.4) is 0 Å². The number of carboxylic acids is 1. The number of carbonyl (C=O) groups excluding carboxylic acids is 1. The molecule has 0 spiro atoms. The molecule has 1 aliphatic rings. The number of amides is 1. The number of hydrogen-bond acceptors (Lipinski definition) is 5. The van der Waals surface area contributed by atoms with Crippen molar-refractivity contribution in [1.29, 1.82) is 0 Å². The molecule has 0 unspecified atom stereocenters. The van der Waals surface area contributed by atoms with Crippen LogP contribution in [0.25, 0.3) is 0 Å². The lowest BCUT2D eigenvalue weighted by Gasteiger charge is -2.17. The van der Waals surface area contributed by atoms with Gasteiger partial charge < -0.3 is 24.6 Å². The van der Waals surface area contributed by atoms with Crippen LogP contribution in [0.15, 0.2) is 36.4 Å². The third kappa shape index (κ3) is 4.36. The highest BCUT2D eigenvalue weighted by Crippen LogP contribution is 2.33. The molecule has 1 aliphatic carbocycles. The van der Waals surface area contributed by atoms with Gasteiger partial charge in [0.25, 0.3) is 5.91 Å². The summed E-state index contributed by atoms with van der Waals surface area (Å²) in [5.74, 6) is -0.148. The zero-order valence-electron chi connectivity index (χ0n) is 15.9. The molecule has 2 N–H and O–H groups in total. The minimum Gasteiger partial charge on any atom is -0.496 e. The summed E-state index contributed by atoms with van der Waals surface area (Å²) in [6.45, 7) is 0. The van der Waals surface area contributed by atoms with E-state index in [9.17, 15) is 9.59 Å². The Labute approximate surface area is 163 Å². The average molecular weight is 385 g/mol. The molecule has 7 heteroatoms. The summed E-state index contributed by atoms with van der Waals surface area (Å²) in [5, 5.41) is 11.9. The van der Waals surface area contributed by atoms with Gasteiger partial charge in [-0.3, -0.25) is 4.79 Å². The summed E-state index contributed by atoms with van der Waals surface area (Å²) in [5.41, 5.74) is 0.869. The first kappa shape index (κ1) is 19.5. The second-order valence-electron chi connectivity index (χ2n) is 6.56. The number of anilines is 1. The first-order valence-corrected chi connectivity index (χ1v) is 9.09. The van der Waals surface area contributed by atoms with E-state index in [1.165, 1.54) is 25.3 Å². The molecule has 0 bridgehead atoms. The van der Waals surface area contributed by atoms with Crippen molar-refractivity contribution in [1.82, 2.24) is 0 Å². The van der Waals surface area contributed by atoms with Crippen molar-refractivity contribution < 1.29 is 28.9 Å². The fourth-order valence-electron chi connectivity index (χ4n) is 3.24. The third-order valence-corrected chi connectivity index (χ3v) is 4.71. The number of methoxy groups -OCH3 is 2. The smallest absolute Gasteiger partial charge is 0.339 e. The van der Waals surface area contributed by atoms with Crippen molar-refractivity contribution in [3.8, 4) is 17.2 Å². The zero-order valence-corrected chi connectivity index (χ0v) is 15.9. The van der Waals surface area contributed by atoms with E-state index in [-0.39, 0.29) is 23.3 Å². The predicted octanol–water partition coefficient (Wildman–Crippen LogP) is 3.98. The maximum atomic E-state index is 12.7. The summed E-state index contributed by atoms with van der Waals surface area (Å²) in [6.07, 6.45) is 4.41. The number of ether oxygens (including phenoxy) is 3. The molecule has 7 nitrogen and oxygen atoms in total. The number of rotatable bonds is 7. The third-order valence-electron chi connectivity index (χ3n) is 4.71. The van der Waals surface area contributed by atoms with Gasteiger partial charge in [-0.1, -0.05) is 0 Å². The molecule has 0 atom stereocenters. The molecular weight excluding hydrogens is 362 g/mol. The molecule has 0 aliphatic heterocycles. The van der Waals surface area contributed by atoms with Crippen LogP contribution in [0.1, 0.15) is 46.4 Å². The van der Waals surface area contributed by atoms with Crippen molar-refractivity contribution >= 4 is 17.6 Å². The van der Waals surface area contributed by atoms with Gasteiger partial charge in [0.05, 0.1) is 20.3 Å². The van der Waals surface area contributed by atoms with Crippen LogP contribution in [-0.2, 0) is 0 Å². The van der Waals surface area contributed by atoms with Crippen molar-refractivity contribution in [2.75, 3.05) is 19.5 Å². The molecule has 1 amide bonds. The maximum absolute atomic E-state index is 12.7. The summed E-state index contributed by atoms with van der Waals surface area (Å²) < 4.78 is 16.5. The number of carboxylic acid groups (broad SMARTS) is 1. The largest absolute Gasteiger partial charge is 0.496 e. The fourth-order valence-corrected chi connectivity index (χ4v) is 3.24. The number of hydrogen-bond donors (Lipinski definition) is 2. The molecule has 28 heavy (non-hydrogen) atoms. The second-order valence-corrected chi connectivity index (χ2v) is 6.56. The molecular formula is C21H23NO6. The van der Waals surface area contributed by atoms with Crippen molar-refractivity contribution in [2.45, 2.75) is 31.8 Å². The number of aromatic carboxylic acids is 1. The lowest BCUT2D eigenvalue weighted by molar-refractivity contribution is 0.0693. The molecule has 0 heterocycles. The van der Waals surface area contributed by atoms with E-state index in [1.807, 2.05) is 0 Å². The zero-order chi connectivity index (χ0) is 20.1. The molecule has 2 aromatic carbocycles. The lowest BCUT2D eigenvalue weighted by Crippen LogP contribution is -2.15. The van der Waals surface area contributed by atoms with Crippen molar-refractivity contribution in [3.63, 3.8) is 0 Å². The highest BCUT2D eigenvalue weighted by molar-refractivity contribution is 6.05. The van der Waals surface area contributed by atoms with Crippen LogP contribution < -0.4 is 19.5 Å². The van der Waals surface area contributed by atoms with E-state index in [4.69, 9.17) is 19.3 Å². The Morgan fingerprint density at radius 3 is 2.32 bits per heavy atom. The van der Waals surface area contributed by atoms with Crippen molar-refractivity contribution in [3.05, 3.63) is 47.5 Å². The molecule has 1 fully saturated rings. The Hall–Kier alpha value is -3.22. The molecule has 2 aromatic rings. The van der Waals surface area contributed by atoms with Gasteiger partial charge in [-0.15, -0.1) is 0 Å². The van der Waals surface area contributed by atoms with Gasteiger partial charge in [0.1, 0.15) is 11.3 Å². The topological polar surface area (TPSA) is 94.1 Å². The summed E-state index contributed by atoms with van der Waals surface area (Å²) in [6, 6.07) is 9.39. The molecule has 0 radical (unpaired) electrons. The van der Waals surface area contributed by atoms with Crippen molar-refractivity contribution in [2.24, 2.45) is 0 Å². The Bertz CT molecular complexity index is 873. The lowest BCUT2D eigenvalue weighted by atomic mass is 10.1. The van der Waals surface area contributed by atoms with Crippen LogP contribution >= 0.6 is 0 Å². The van der Waals surface area contributed by atoms with Gasteiger partial charge >= 0.3 is 5.97 Å². The summed E-state index contributed by atoms with van der Waals surface area (Å²) in [4.78, 5) is 23.8. The average Bonchev–Trinajstić information content (AvgIpc) is 3.20. The molecule has 3 rings (SSSR count). The van der Waals surface area contributed by atoms with E-state index < -0.39 is 5.97 Å². The van der Waals surface area contributed by atoms with Crippen LogP contribution in [0.4, 0.5) is 5.69 Å². The first-order valence-electron chi connectivity index (χ1n) is 9.09. The highest BCUT2D eigenvalue weighted by Gasteiger charge is 2.20. The fraction of sp³-hybridized carbons (Fsp3) is 0.333. The normalized spacial score (nSPS) is 13.8. The maximum Gasteiger partial charge on any atom is 0.339 e. The molecule has 0 aromatic heterocycles. The quantitative estimate of drug-likeness (QED) is 0.749. The van der Waals surface area contributed by atoms with Crippen LogP contribution in [-0.4, -0.2) is 37.3 Å². The number of carbonyl (C=O) groups is 2. The van der Waals surface area contributed by atoms with Gasteiger partial charge in [-0.25, -0.2) is 4.79 Å². The van der Waals surface area contributed by atoms with Gasteiger partial charge in [-0.05, 0) is 56.0 Å². The van der Waals surface area contributed by atoms with Gasteiger partial charge in [0.2, 0.25) is 0 Å². The second kappa shape index (κ2) is 8.65. The van der Waals surface area contributed by atoms with E-state index >= 15 is 0 Å². The predicted molar refractivity (Wildman–Crippen MR) is 104 cm³/mol. The summed E-state index contributed by atoms with van der Waals surface area (Å²) >= 11 is 0. The minimum atomic E-state index is -1.10. The Morgan fingerprint density at radius 1 is 0.964 bits per heavy atom. The van der Waals surface area contributed by atoms with Crippen LogP contribution in [0.5, 0.6) is 17.2 Å². The SMILES string of the molecule is COc1ccc(C(=O)Nc2ccc(C(=O)O)c(OC)c2)cc1OC1CCCC1. The standard InChI is InChI=1S/C21H23NO6/c1-26-17-10-7-13(11-19(17)28-15-5-3-4-6-15)20(23)22-14-8-9-16(21(24)25)18(12-14)27-2/h7-12,15H,3-6H2,1-2H3,(H,22,23)(H,24,25). The van der Waals surface area contributed by atoms with E-state index in [0.717, 1.165) is 25.7 Å².